The summed E-state index contributed by atoms with van der Waals surface area (Å²) in [5.74, 6) is -0.276. The summed E-state index contributed by atoms with van der Waals surface area (Å²) < 4.78 is 15.6. The molecule has 0 spiro atoms. The van der Waals surface area contributed by atoms with E-state index in [0.29, 0.717) is 12.2 Å². The zero-order chi connectivity index (χ0) is 11.4. The molecule has 1 fully saturated rings. The fourth-order valence-electron chi connectivity index (χ4n) is 1.69. The van der Waals surface area contributed by atoms with Gasteiger partial charge in [-0.3, -0.25) is 0 Å². The number of para-hydroxylation sites is 1. The highest BCUT2D eigenvalue weighted by Gasteiger charge is 2.44. The predicted molar refractivity (Wildman–Crippen MR) is 57.1 cm³/mol. The van der Waals surface area contributed by atoms with Crippen LogP contribution in [0.4, 0.5) is 4.79 Å². The largest absolute Gasteiger partial charge is 0.512 e. The molecular formula is C12H14O4. The Balaban J connectivity index is 2.12. The van der Waals surface area contributed by atoms with E-state index in [-0.39, 0.29) is 6.61 Å². The summed E-state index contributed by atoms with van der Waals surface area (Å²) in [6, 6.07) is 9.28. The summed E-state index contributed by atoms with van der Waals surface area (Å²) in [6.45, 7) is 2.15. The second-order valence-corrected chi connectivity index (χ2v) is 3.72. The Labute approximate surface area is 94.1 Å². The Bertz CT molecular complexity index is 363. The predicted octanol–water partition coefficient (Wildman–Crippen LogP) is 2.73. The molecule has 1 saturated heterocycles. The summed E-state index contributed by atoms with van der Waals surface area (Å²) in [5.41, 5.74) is 0. The number of benzene rings is 1. The van der Waals surface area contributed by atoms with E-state index in [0.717, 1.165) is 6.42 Å². The van der Waals surface area contributed by atoms with Crippen molar-refractivity contribution in [1.29, 1.82) is 0 Å². The van der Waals surface area contributed by atoms with Gasteiger partial charge in [0, 0.05) is 6.42 Å². The van der Waals surface area contributed by atoms with Crippen LogP contribution in [-0.4, -0.2) is 18.5 Å². The van der Waals surface area contributed by atoms with Gasteiger partial charge in [-0.05, 0) is 18.6 Å². The lowest BCUT2D eigenvalue weighted by atomic mass is 10.1. The standard InChI is InChI=1S/C12H14O4/c1-2-8-12(9-14-11(13)16-12)15-10-6-4-3-5-7-10/h3-7H,2,8-9H2,1H3. The van der Waals surface area contributed by atoms with Crippen molar-refractivity contribution in [2.75, 3.05) is 6.61 Å². The molecule has 0 saturated carbocycles. The van der Waals surface area contributed by atoms with Gasteiger partial charge in [0.1, 0.15) is 5.75 Å². The van der Waals surface area contributed by atoms with Crippen LogP contribution in [0, 0.1) is 0 Å². The third-order valence-electron chi connectivity index (χ3n) is 2.36. The molecule has 0 N–H and O–H groups in total. The van der Waals surface area contributed by atoms with E-state index in [1.54, 1.807) is 0 Å². The van der Waals surface area contributed by atoms with E-state index in [4.69, 9.17) is 14.2 Å². The first kappa shape index (κ1) is 10.8. The normalized spacial score (nSPS) is 23.7. The number of rotatable bonds is 4. The number of carbonyl (C=O) groups excluding carboxylic acids is 1. The molecular weight excluding hydrogens is 208 g/mol. The third kappa shape index (κ3) is 2.27. The van der Waals surface area contributed by atoms with E-state index in [9.17, 15) is 4.79 Å². The molecule has 16 heavy (non-hydrogen) atoms. The monoisotopic (exact) mass is 222 g/mol. The van der Waals surface area contributed by atoms with Crippen molar-refractivity contribution in [1.82, 2.24) is 0 Å². The van der Waals surface area contributed by atoms with E-state index in [2.05, 4.69) is 0 Å². The second kappa shape index (κ2) is 4.43. The number of hydrogen-bond acceptors (Lipinski definition) is 4. The topological polar surface area (TPSA) is 44.8 Å². The summed E-state index contributed by atoms with van der Waals surface area (Å²) in [4.78, 5) is 11.0. The lowest BCUT2D eigenvalue weighted by molar-refractivity contribution is -0.116. The SMILES string of the molecule is CCCC1(Oc2ccccc2)COC(=O)O1. The molecule has 1 heterocycles. The summed E-state index contributed by atoms with van der Waals surface area (Å²) in [6.07, 6.45) is 0.807. The molecule has 0 radical (unpaired) electrons. The van der Waals surface area contributed by atoms with Crippen LogP contribution in [-0.2, 0) is 9.47 Å². The average molecular weight is 222 g/mol. The number of hydrogen-bond donors (Lipinski definition) is 0. The van der Waals surface area contributed by atoms with Gasteiger partial charge in [-0.15, -0.1) is 0 Å². The summed E-state index contributed by atoms with van der Waals surface area (Å²) in [7, 11) is 0. The van der Waals surface area contributed by atoms with Gasteiger partial charge in [0.2, 0.25) is 0 Å². The van der Waals surface area contributed by atoms with Crippen LogP contribution >= 0.6 is 0 Å². The zero-order valence-corrected chi connectivity index (χ0v) is 9.14. The molecule has 1 aromatic rings. The smallest absolute Gasteiger partial charge is 0.449 e. The maximum Gasteiger partial charge on any atom is 0.512 e. The average Bonchev–Trinajstić information content (AvgIpc) is 2.62. The van der Waals surface area contributed by atoms with Crippen molar-refractivity contribution in [3.63, 3.8) is 0 Å². The van der Waals surface area contributed by atoms with Gasteiger partial charge < -0.3 is 14.2 Å². The molecule has 1 aliphatic rings. The van der Waals surface area contributed by atoms with Crippen molar-refractivity contribution >= 4 is 6.16 Å². The highest BCUT2D eigenvalue weighted by molar-refractivity contribution is 5.62. The molecule has 2 rings (SSSR count). The quantitative estimate of drug-likeness (QED) is 0.735. The van der Waals surface area contributed by atoms with Crippen molar-refractivity contribution in [3.05, 3.63) is 30.3 Å². The molecule has 0 amide bonds. The van der Waals surface area contributed by atoms with Crippen LogP contribution < -0.4 is 4.74 Å². The number of ether oxygens (including phenoxy) is 3. The Morgan fingerprint density at radius 3 is 2.69 bits per heavy atom. The van der Waals surface area contributed by atoms with E-state index < -0.39 is 11.9 Å². The molecule has 1 atom stereocenters. The van der Waals surface area contributed by atoms with Crippen LogP contribution in [0.5, 0.6) is 5.75 Å². The van der Waals surface area contributed by atoms with E-state index >= 15 is 0 Å². The van der Waals surface area contributed by atoms with E-state index in [1.165, 1.54) is 0 Å². The molecule has 1 unspecified atom stereocenters. The van der Waals surface area contributed by atoms with Crippen molar-refractivity contribution in [2.24, 2.45) is 0 Å². The highest BCUT2D eigenvalue weighted by Crippen LogP contribution is 2.29. The number of carbonyl (C=O) groups is 1. The van der Waals surface area contributed by atoms with Crippen LogP contribution in [0.15, 0.2) is 30.3 Å². The Morgan fingerprint density at radius 1 is 1.38 bits per heavy atom. The first-order valence-electron chi connectivity index (χ1n) is 5.34. The van der Waals surface area contributed by atoms with Crippen LogP contribution in [0.1, 0.15) is 19.8 Å². The molecule has 0 bridgehead atoms. The first-order chi connectivity index (χ1) is 7.74. The van der Waals surface area contributed by atoms with Crippen LogP contribution in [0.25, 0.3) is 0 Å². The Hall–Kier alpha value is -1.71. The van der Waals surface area contributed by atoms with Gasteiger partial charge in [-0.25, -0.2) is 4.79 Å². The van der Waals surface area contributed by atoms with Crippen molar-refractivity contribution < 1.29 is 19.0 Å². The minimum atomic E-state index is -0.951. The van der Waals surface area contributed by atoms with Gasteiger partial charge >= 0.3 is 6.16 Å². The minimum absolute atomic E-state index is 0.147. The lowest BCUT2D eigenvalue weighted by Crippen LogP contribution is -2.38. The van der Waals surface area contributed by atoms with Crippen LogP contribution in [0.2, 0.25) is 0 Å². The maximum absolute atomic E-state index is 11.0. The molecule has 86 valence electrons. The molecule has 4 heteroatoms. The fraction of sp³-hybridized carbons (Fsp3) is 0.417. The van der Waals surface area contributed by atoms with Gasteiger partial charge in [-0.2, -0.15) is 0 Å². The lowest BCUT2D eigenvalue weighted by Gasteiger charge is -2.25. The third-order valence-corrected chi connectivity index (χ3v) is 2.36. The van der Waals surface area contributed by atoms with Gasteiger partial charge in [0.05, 0.1) is 0 Å². The minimum Gasteiger partial charge on any atom is -0.449 e. The van der Waals surface area contributed by atoms with Gasteiger partial charge in [0.15, 0.2) is 6.61 Å². The highest BCUT2D eigenvalue weighted by atomic mass is 16.8. The zero-order valence-electron chi connectivity index (χ0n) is 9.14. The molecule has 4 nitrogen and oxygen atoms in total. The molecule has 1 aliphatic heterocycles. The van der Waals surface area contributed by atoms with Crippen molar-refractivity contribution in [2.45, 2.75) is 25.6 Å². The summed E-state index contributed by atoms with van der Waals surface area (Å²) in [5, 5.41) is 0. The Morgan fingerprint density at radius 2 is 2.12 bits per heavy atom. The summed E-state index contributed by atoms with van der Waals surface area (Å²) >= 11 is 0. The number of cyclic esters (lactones) is 2. The fourth-order valence-corrected chi connectivity index (χ4v) is 1.69. The molecule has 0 aliphatic carbocycles. The van der Waals surface area contributed by atoms with Gasteiger partial charge in [-0.1, -0.05) is 25.1 Å². The maximum atomic E-state index is 11.0. The second-order valence-electron chi connectivity index (χ2n) is 3.72. The molecule has 1 aromatic carbocycles. The first-order valence-corrected chi connectivity index (χ1v) is 5.34. The Kier molecular flexibility index (Phi) is 2.99. The van der Waals surface area contributed by atoms with Crippen molar-refractivity contribution in [3.8, 4) is 5.75 Å². The van der Waals surface area contributed by atoms with Crippen LogP contribution in [0.3, 0.4) is 0 Å². The van der Waals surface area contributed by atoms with E-state index in [1.807, 2.05) is 37.3 Å². The van der Waals surface area contributed by atoms with Gasteiger partial charge in [0.25, 0.3) is 5.79 Å². The molecule has 0 aromatic heterocycles.